The van der Waals surface area contributed by atoms with E-state index in [4.69, 9.17) is 9.47 Å². The molecule has 0 aliphatic rings. The maximum absolute atomic E-state index is 11.0. The molecule has 0 fully saturated rings. The van der Waals surface area contributed by atoms with Gasteiger partial charge in [-0.05, 0) is 46.3 Å². The molecule has 0 amide bonds. The Morgan fingerprint density at radius 2 is 1.62 bits per heavy atom. The maximum atomic E-state index is 11.0. The molecule has 21 heavy (non-hydrogen) atoms. The third-order valence-electron chi connectivity index (χ3n) is 2.82. The molecule has 0 unspecified atom stereocenters. The Kier molecular flexibility index (Phi) is 4.64. The number of nitrogens with zero attached hydrogens (tertiary/aromatic N) is 1. The van der Waals surface area contributed by atoms with E-state index in [0.29, 0.717) is 11.4 Å². The monoisotopic (exact) mass is 352 g/mol. The predicted molar refractivity (Wildman–Crippen MR) is 83.6 cm³/mol. The van der Waals surface area contributed by atoms with Gasteiger partial charge in [-0.15, -0.1) is 0 Å². The quantitative estimate of drug-likeness (QED) is 0.647. The van der Waals surface area contributed by atoms with Crippen molar-refractivity contribution in [2.24, 2.45) is 0 Å². The molecule has 0 bridgehead atoms. The first-order valence-corrected chi connectivity index (χ1v) is 6.77. The minimum absolute atomic E-state index is 0.0879. The minimum Gasteiger partial charge on any atom is -0.496 e. The van der Waals surface area contributed by atoms with Crippen LogP contribution in [0.2, 0.25) is 0 Å². The molecule has 0 saturated heterocycles. The van der Waals surface area contributed by atoms with E-state index in [1.165, 1.54) is 13.2 Å². The largest absolute Gasteiger partial charge is 0.496 e. The average molecular weight is 353 g/mol. The van der Waals surface area contributed by atoms with E-state index in [0.717, 1.165) is 10.2 Å². The van der Waals surface area contributed by atoms with Crippen LogP contribution in [-0.4, -0.2) is 19.1 Å². The Balaban J connectivity index is 2.29. The summed E-state index contributed by atoms with van der Waals surface area (Å²) in [4.78, 5) is 10.5. The van der Waals surface area contributed by atoms with Crippen molar-refractivity contribution < 1.29 is 14.4 Å². The van der Waals surface area contributed by atoms with Gasteiger partial charge in [-0.1, -0.05) is 0 Å². The summed E-state index contributed by atoms with van der Waals surface area (Å²) in [5, 5.41) is 14.1. The van der Waals surface area contributed by atoms with Gasteiger partial charge in [-0.3, -0.25) is 10.1 Å². The number of rotatable bonds is 5. The summed E-state index contributed by atoms with van der Waals surface area (Å²) < 4.78 is 10.9. The maximum Gasteiger partial charge on any atom is 0.312 e. The van der Waals surface area contributed by atoms with Gasteiger partial charge >= 0.3 is 5.69 Å². The van der Waals surface area contributed by atoms with Crippen LogP contribution in [0.25, 0.3) is 0 Å². The van der Waals surface area contributed by atoms with Gasteiger partial charge in [0.05, 0.1) is 23.6 Å². The fourth-order valence-corrected chi connectivity index (χ4v) is 2.36. The van der Waals surface area contributed by atoms with Crippen LogP contribution < -0.4 is 14.8 Å². The van der Waals surface area contributed by atoms with Gasteiger partial charge in [0.2, 0.25) is 0 Å². The van der Waals surface area contributed by atoms with Crippen molar-refractivity contribution in [3.05, 3.63) is 51.0 Å². The van der Waals surface area contributed by atoms with Gasteiger partial charge < -0.3 is 14.8 Å². The van der Waals surface area contributed by atoms with Crippen LogP contribution in [-0.2, 0) is 0 Å². The van der Waals surface area contributed by atoms with Crippen LogP contribution in [0.4, 0.5) is 17.1 Å². The highest BCUT2D eigenvalue weighted by atomic mass is 79.9. The molecular formula is C14H13BrN2O4. The van der Waals surface area contributed by atoms with E-state index in [-0.39, 0.29) is 11.4 Å². The number of hydrogen-bond donors (Lipinski definition) is 1. The number of methoxy groups -OCH3 is 2. The number of benzene rings is 2. The number of nitro groups is 1. The lowest BCUT2D eigenvalue weighted by atomic mass is 10.2. The zero-order valence-corrected chi connectivity index (χ0v) is 13.0. The van der Waals surface area contributed by atoms with Gasteiger partial charge in [-0.2, -0.15) is 0 Å². The summed E-state index contributed by atoms with van der Waals surface area (Å²) in [5.74, 6) is 0.933. The average Bonchev–Trinajstić information content (AvgIpc) is 2.47. The summed E-state index contributed by atoms with van der Waals surface area (Å²) in [5.41, 5.74) is 1.29. The van der Waals surface area contributed by atoms with Crippen molar-refractivity contribution in [2.75, 3.05) is 19.5 Å². The molecule has 2 aromatic carbocycles. The number of ether oxygens (including phenoxy) is 2. The molecule has 0 aliphatic carbocycles. The first-order valence-electron chi connectivity index (χ1n) is 5.98. The number of hydrogen-bond acceptors (Lipinski definition) is 5. The van der Waals surface area contributed by atoms with Gasteiger partial charge in [0, 0.05) is 17.4 Å². The van der Waals surface area contributed by atoms with E-state index in [1.807, 2.05) is 12.1 Å². The number of nitro benzene ring substituents is 1. The summed E-state index contributed by atoms with van der Waals surface area (Å²) in [6.07, 6.45) is 0. The lowest BCUT2D eigenvalue weighted by Crippen LogP contribution is -1.96. The van der Waals surface area contributed by atoms with E-state index in [9.17, 15) is 10.1 Å². The highest BCUT2D eigenvalue weighted by Gasteiger charge is 2.15. The molecule has 0 radical (unpaired) electrons. The normalized spacial score (nSPS) is 10.0. The molecule has 0 aromatic heterocycles. The first kappa shape index (κ1) is 15.1. The number of halogens is 1. The summed E-state index contributed by atoms with van der Waals surface area (Å²) in [6.45, 7) is 0. The van der Waals surface area contributed by atoms with Crippen LogP contribution in [0.1, 0.15) is 0 Å². The molecule has 0 aliphatic heterocycles. The van der Waals surface area contributed by atoms with Gasteiger partial charge in [-0.25, -0.2) is 0 Å². The third kappa shape index (κ3) is 3.43. The second-order valence-electron chi connectivity index (χ2n) is 4.12. The number of nitrogens with one attached hydrogen (secondary N) is 1. The minimum atomic E-state index is -0.478. The molecule has 7 heteroatoms. The molecule has 2 rings (SSSR count). The SMILES string of the molecule is COc1ccc(Nc2ccc(OC)c([N+](=O)[O-])c2)cc1Br. The van der Waals surface area contributed by atoms with E-state index < -0.39 is 4.92 Å². The van der Waals surface area contributed by atoms with Gasteiger partial charge in [0.15, 0.2) is 5.75 Å². The highest BCUT2D eigenvalue weighted by molar-refractivity contribution is 9.10. The van der Waals surface area contributed by atoms with Gasteiger partial charge in [0.1, 0.15) is 5.75 Å². The number of anilines is 2. The molecule has 0 saturated carbocycles. The van der Waals surface area contributed by atoms with Crippen molar-refractivity contribution in [3.63, 3.8) is 0 Å². The Bertz CT molecular complexity index is 676. The summed E-state index contributed by atoms with van der Waals surface area (Å²) >= 11 is 3.39. The zero-order valence-electron chi connectivity index (χ0n) is 11.4. The Morgan fingerprint density at radius 3 is 2.14 bits per heavy atom. The van der Waals surface area contributed by atoms with Crippen LogP contribution in [0.15, 0.2) is 40.9 Å². The fourth-order valence-electron chi connectivity index (χ4n) is 1.82. The van der Waals surface area contributed by atoms with Crippen molar-refractivity contribution in [1.29, 1.82) is 0 Å². The van der Waals surface area contributed by atoms with Crippen molar-refractivity contribution >= 4 is 33.0 Å². The lowest BCUT2D eigenvalue weighted by molar-refractivity contribution is -0.385. The Labute approximate surface area is 130 Å². The highest BCUT2D eigenvalue weighted by Crippen LogP contribution is 2.33. The lowest BCUT2D eigenvalue weighted by Gasteiger charge is -2.10. The van der Waals surface area contributed by atoms with E-state index in [2.05, 4.69) is 21.2 Å². The standard InChI is InChI=1S/C14H13BrN2O4/c1-20-13-5-3-9(7-11(13)15)16-10-4-6-14(21-2)12(8-10)17(18)19/h3-8,16H,1-2H3. The molecule has 0 heterocycles. The van der Waals surface area contributed by atoms with Crippen LogP contribution >= 0.6 is 15.9 Å². The Hall–Kier alpha value is -2.28. The molecule has 1 N–H and O–H groups in total. The van der Waals surface area contributed by atoms with Crippen molar-refractivity contribution in [3.8, 4) is 11.5 Å². The predicted octanol–water partition coefficient (Wildman–Crippen LogP) is 4.12. The smallest absolute Gasteiger partial charge is 0.312 e. The summed E-state index contributed by atoms with van der Waals surface area (Å²) in [7, 11) is 2.98. The van der Waals surface area contributed by atoms with Crippen molar-refractivity contribution in [2.45, 2.75) is 0 Å². The molecular weight excluding hydrogens is 340 g/mol. The van der Waals surface area contributed by atoms with Crippen LogP contribution in [0.3, 0.4) is 0 Å². The van der Waals surface area contributed by atoms with Gasteiger partial charge in [0.25, 0.3) is 0 Å². The van der Waals surface area contributed by atoms with Crippen LogP contribution in [0.5, 0.6) is 11.5 Å². The van der Waals surface area contributed by atoms with E-state index in [1.54, 1.807) is 25.3 Å². The Morgan fingerprint density at radius 1 is 1.05 bits per heavy atom. The van der Waals surface area contributed by atoms with Crippen LogP contribution in [0, 0.1) is 10.1 Å². The molecule has 0 atom stereocenters. The summed E-state index contributed by atoms with van der Waals surface area (Å²) in [6, 6.07) is 10.1. The van der Waals surface area contributed by atoms with Crippen molar-refractivity contribution in [1.82, 2.24) is 0 Å². The molecule has 110 valence electrons. The first-order chi connectivity index (χ1) is 10.0. The second kappa shape index (κ2) is 6.45. The zero-order chi connectivity index (χ0) is 15.4. The fraction of sp³-hybridized carbons (Fsp3) is 0.143. The molecule has 6 nitrogen and oxygen atoms in total. The van der Waals surface area contributed by atoms with E-state index >= 15 is 0 Å². The molecule has 2 aromatic rings. The topological polar surface area (TPSA) is 73.6 Å². The molecule has 0 spiro atoms. The second-order valence-corrected chi connectivity index (χ2v) is 4.97. The third-order valence-corrected chi connectivity index (χ3v) is 3.44.